The molecule has 3 aromatic heterocycles. The predicted molar refractivity (Wildman–Crippen MR) is 129 cm³/mol. The highest BCUT2D eigenvalue weighted by Crippen LogP contribution is 2.45. The maximum absolute atomic E-state index is 12.5. The monoisotopic (exact) mass is 588 g/mol. The molecule has 0 radical (unpaired) electrons. The van der Waals surface area contributed by atoms with Gasteiger partial charge in [-0.1, -0.05) is 0 Å². The Balaban J connectivity index is 1.20. The molecule has 0 aromatic carbocycles. The van der Waals surface area contributed by atoms with Gasteiger partial charge in [0.2, 0.25) is 5.95 Å². The van der Waals surface area contributed by atoms with E-state index in [0.29, 0.717) is 0 Å². The number of aliphatic hydroxyl groups is 4. The van der Waals surface area contributed by atoms with Gasteiger partial charge >= 0.3 is 13.5 Å². The number of nitrogens with zero attached hydrogens (tertiary/aromatic N) is 5. The summed E-state index contributed by atoms with van der Waals surface area (Å²) >= 11 is 0. The maximum atomic E-state index is 12.5. The van der Waals surface area contributed by atoms with Crippen LogP contribution in [-0.4, -0.2) is 104 Å². The van der Waals surface area contributed by atoms with Gasteiger partial charge in [-0.3, -0.25) is 28.0 Å². The van der Waals surface area contributed by atoms with Crippen LogP contribution in [0.3, 0.4) is 0 Å². The average Bonchev–Trinajstić information content (AvgIpc) is 3.52. The number of hydrogen-bond donors (Lipinski definition) is 8. The van der Waals surface area contributed by atoms with E-state index in [-0.39, 0.29) is 22.9 Å². The number of aliphatic hydroxyl groups excluding tert-OH is 4. The number of fused-ring (bicyclic) bond motifs is 1. The van der Waals surface area contributed by atoms with Crippen LogP contribution in [0.4, 0.5) is 11.8 Å². The molecule has 3 aromatic rings. The minimum atomic E-state index is -4.87. The van der Waals surface area contributed by atoms with E-state index in [4.69, 9.17) is 30.0 Å². The number of nitrogen functional groups attached to an aromatic ring is 2. The van der Waals surface area contributed by atoms with E-state index < -0.39 is 81.4 Å². The Hall–Kier alpha value is -3.30. The molecule has 21 heteroatoms. The largest absolute Gasteiger partial charge is 0.472 e. The Morgan fingerprint density at radius 1 is 0.950 bits per heavy atom. The van der Waals surface area contributed by atoms with Gasteiger partial charge in [0, 0.05) is 6.20 Å². The number of H-pyrrole nitrogens is 1. The van der Waals surface area contributed by atoms with Crippen molar-refractivity contribution in [2.75, 3.05) is 24.7 Å². The molecule has 0 amide bonds. The lowest BCUT2D eigenvalue weighted by Gasteiger charge is -2.20. The maximum Gasteiger partial charge on any atom is 0.472 e. The number of nitrogens with two attached hydrogens (primary N) is 2. The van der Waals surface area contributed by atoms with Gasteiger partial charge in [-0.2, -0.15) is 9.97 Å². The second kappa shape index (κ2) is 10.6. The number of hydrogen-bond acceptors (Lipinski definition) is 16. The molecule has 9 atom stereocenters. The summed E-state index contributed by atoms with van der Waals surface area (Å²) in [4.78, 5) is 47.8. The molecule has 2 aliphatic heterocycles. The van der Waals surface area contributed by atoms with E-state index in [9.17, 15) is 39.5 Å². The summed E-state index contributed by atoms with van der Waals surface area (Å²) in [6, 6.07) is 1.27. The molecule has 0 spiro atoms. The van der Waals surface area contributed by atoms with Crippen LogP contribution in [0.25, 0.3) is 11.2 Å². The molecule has 2 fully saturated rings. The fraction of sp³-hybridized carbons (Fsp3) is 0.526. The van der Waals surface area contributed by atoms with Crippen LogP contribution in [0.5, 0.6) is 0 Å². The summed E-state index contributed by atoms with van der Waals surface area (Å²) in [6.07, 6.45) is -9.49. The van der Waals surface area contributed by atoms with Crippen molar-refractivity contribution in [3.8, 4) is 0 Å². The van der Waals surface area contributed by atoms with E-state index in [1.54, 1.807) is 0 Å². The standard InChI is InChI=1S/C19H25N8O12P/c20-8-1-2-26(19(33)23-8)16-12(30)10(28)6(38-16)3-36-40(34,35)37-4-7-11(29)13(31)17(39-7)27-5-22-9-14(27)24-18(21)25-15(9)32/h1-2,5-7,10-13,16-17,28-31H,3-4H2,(H,34,35)(H2,20,23,33)(H3,21,24,25,32). The second-order valence-corrected chi connectivity index (χ2v) is 10.4. The molecule has 5 rings (SSSR count). The molecule has 5 heterocycles. The first kappa shape index (κ1) is 28.2. The Morgan fingerprint density at radius 2 is 1.52 bits per heavy atom. The molecule has 2 saturated heterocycles. The lowest BCUT2D eigenvalue weighted by Crippen LogP contribution is -2.36. The second-order valence-electron chi connectivity index (χ2n) is 8.97. The van der Waals surface area contributed by atoms with Gasteiger partial charge in [-0.25, -0.2) is 14.3 Å². The number of phosphoric ester groups is 1. The molecule has 20 nitrogen and oxygen atoms in total. The Labute approximate surface area is 222 Å². The van der Waals surface area contributed by atoms with Crippen LogP contribution >= 0.6 is 7.82 Å². The molecule has 0 saturated carbocycles. The quantitative estimate of drug-likeness (QED) is 0.116. The first-order chi connectivity index (χ1) is 18.9. The van der Waals surface area contributed by atoms with Crippen LogP contribution < -0.4 is 22.7 Å². The van der Waals surface area contributed by atoms with Crippen molar-refractivity contribution in [1.29, 1.82) is 0 Å². The van der Waals surface area contributed by atoms with E-state index in [1.165, 1.54) is 12.3 Å². The highest BCUT2D eigenvalue weighted by Gasteiger charge is 2.47. The van der Waals surface area contributed by atoms with Crippen molar-refractivity contribution < 1.29 is 48.4 Å². The molecule has 10 N–H and O–H groups in total. The normalized spacial score (nSPS) is 32.0. The Morgan fingerprint density at radius 3 is 2.10 bits per heavy atom. The van der Waals surface area contributed by atoms with Crippen LogP contribution in [0.1, 0.15) is 12.5 Å². The van der Waals surface area contributed by atoms with Gasteiger partial charge in [0.05, 0.1) is 19.5 Å². The van der Waals surface area contributed by atoms with Crippen LogP contribution in [0, 0.1) is 0 Å². The third-order valence-corrected chi connectivity index (χ3v) is 7.28. The number of ether oxygens (including phenoxy) is 2. The zero-order valence-corrected chi connectivity index (χ0v) is 21.1. The van der Waals surface area contributed by atoms with Crippen molar-refractivity contribution in [2.45, 2.75) is 49.1 Å². The number of nitrogens with one attached hydrogen (secondary N) is 1. The van der Waals surface area contributed by atoms with Gasteiger partial charge in [-0.15, -0.1) is 0 Å². The minimum Gasteiger partial charge on any atom is -0.387 e. The van der Waals surface area contributed by atoms with Gasteiger partial charge in [0.25, 0.3) is 5.56 Å². The minimum absolute atomic E-state index is 0.0390. The number of aromatic amines is 1. The van der Waals surface area contributed by atoms with Crippen LogP contribution in [-0.2, 0) is 23.1 Å². The molecular weight excluding hydrogens is 563 g/mol. The molecule has 40 heavy (non-hydrogen) atoms. The lowest BCUT2D eigenvalue weighted by molar-refractivity contribution is -0.0626. The van der Waals surface area contributed by atoms with Crippen molar-refractivity contribution in [3.63, 3.8) is 0 Å². The SMILES string of the molecule is Nc1ccn(C2OC(COP(=O)(O)OCC3OC(n4cnc5c(=O)[nH]c(N)nc54)C(O)C3O)C(O)C2O)c(=O)n1. The smallest absolute Gasteiger partial charge is 0.387 e. The summed E-state index contributed by atoms with van der Waals surface area (Å²) in [6.45, 7) is -1.49. The molecule has 0 aliphatic carbocycles. The number of aromatic nitrogens is 6. The van der Waals surface area contributed by atoms with Gasteiger partial charge < -0.3 is 46.3 Å². The van der Waals surface area contributed by atoms with E-state index >= 15 is 0 Å². The molecule has 218 valence electrons. The molecular formula is C19H25N8O12P. The molecule has 0 bridgehead atoms. The van der Waals surface area contributed by atoms with Crippen LogP contribution in [0.2, 0.25) is 0 Å². The number of imidazole rings is 1. The van der Waals surface area contributed by atoms with Crippen molar-refractivity contribution in [1.82, 2.24) is 29.1 Å². The van der Waals surface area contributed by atoms with Gasteiger partial charge in [0.1, 0.15) is 42.4 Å². The van der Waals surface area contributed by atoms with Crippen molar-refractivity contribution >= 4 is 30.8 Å². The van der Waals surface area contributed by atoms with Crippen LogP contribution in [0.15, 0.2) is 28.2 Å². The zero-order chi connectivity index (χ0) is 28.9. The summed E-state index contributed by atoms with van der Waals surface area (Å²) in [5.74, 6) is -0.296. The predicted octanol–water partition coefficient (Wildman–Crippen LogP) is -4.09. The average molecular weight is 588 g/mol. The van der Waals surface area contributed by atoms with E-state index in [1.807, 2.05) is 0 Å². The first-order valence-corrected chi connectivity index (χ1v) is 13.1. The Bertz CT molecular complexity index is 1560. The molecule has 9 unspecified atom stereocenters. The van der Waals surface area contributed by atoms with Crippen molar-refractivity contribution in [3.05, 3.63) is 39.4 Å². The fourth-order valence-electron chi connectivity index (χ4n) is 4.31. The fourth-order valence-corrected chi connectivity index (χ4v) is 5.06. The topological polar surface area (TPSA) is 306 Å². The first-order valence-electron chi connectivity index (χ1n) is 11.6. The number of anilines is 2. The molecule has 2 aliphatic rings. The lowest BCUT2D eigenvalue weighted by atomic mass is 10.1. The van der Waals surface area contributed by atoms with Crippen molar-refractivity contribution in [2.24, 2.45) is 0 Å². The summed E-state index contributed by atoms with van der Waals surface area (Å²) in [7, 11) is -4.87. The van der Waals surface area contributed by atoms with Gasteiger partial charge in [-0.05, 0) is 6.07 Å². The van der Waals surface area contributed by atoms with Gasteiger partial charge in [0.15, 0.2) is 23.6 Å². The third kappa shape index (κ3) is 5.24. The number of rotatable bonds is 8. The summed E-state index contributed by atoms with van der Waals surface area (Å²) in [5, 5.41) is 41.5. The highest BCUT2D eigenvalue weighted by molar-refractivity contribution is 7.47. The summed E-state index contributed by atoms with van der Waals surface area (Å²) < 4.78 is 35.3. The van der Waals surface area contributed by atoms with E-state index in [2.05, 4.69) is 19.9 Å². The highest BCUT2D eigenvalue weighted by atomic mass is 31.2. The summed E-state index contributed by atoms with van der Waals surface area (Å²) in [5.41, 5.74) is 9.35. The van der Waals surface area contributed by atoms with E-state index in [0.717, 1.165) is 15.5 Å². The number of phosphoric acid groups is 1. The third-order valence-electron chi connectivity index (χ3n) is 6.33. The Kier molecular flexibility index (Phi) is 7.48. The zero-order valence-electron chi connectivity index (χ0n) is 20.2.